The van der Waals surface area contributed by atoms with Crippen molar-refractivity contribution < 1.29 is 5.11 Å². The lowest BCUT2D eigenvalue weighted by molar-refractivity contribution is 0.456. The molecule has 100 valence electrons. The van der Waals surface area contributed by atoms with Crippen molar-refractivity contribution in [2.24, 2.45) is 0 Å². The van der Waals surface area contributed by atoms with Crippen LogP contribution in [0.25, 0.3) is 0 Å². The van der Waals surface area contributed by atoms with E-state index in [0.29, 0.717) is 12.3 Å². The van der Waals surface area contributed by atoms with Gasteiger partial charge in [0.15, 0.2) is 0 Å². The minimum Gasteiger partial charge on any atom is -0.507 e. The van der Waals surface area contributed by atoms with Gasteiger partial charge in [0.2, 0.25) is 0 Å². The molecule has 0 unspecified atom stereocenters. The van der Waals surface area contributed by atoms with Gasteiger partial charge in [-0.3, -0.25) is 0 Å². The molecule has 0 aromatic heterocycles. The Bertz CT molecular complexity index is 568. The highest BCUT2D eigenvalue weighted by molar-refractivity contribution is 6.30. The summed E-state index contributed by atoms with van der Waals surface area (Å²) in [6.45, 7) is 4.61. The molecule has 19 heavy (non-hydrogen) atoms. The molecule has 3 heteroatoms. The van der Waals surface area contributed by atoms with Crippen molar-refractivity contribution in [3.63, 3.8) is 0 Å². The Labute approximate surface area is 119 Å². The minimum atomic E-state index is 0.179. The van der Waals surface area contributed by atoms with Crippen molar-refractivity contribution in [2.45, 2.75) is 26.4 Å². The molecule has 0 heterocycles. The highest BCUT2D eigenvalue weighted by atomic mass is 35.5. The van der Waals surface area contributed by atoms with Crippen molar-refractivity contribution in [1.29, 1.82) is 0 Å². The van der Waals surface area contributed by atoms with Crippen LogP contribution in [0.5, 0.6) is 5.75 Å². The van der Waals surface area contributed by atoms with Gasteiger partial charge in [-0.05, 0) is 37.1 Å². The molecule has 2 N–H and O–H groups in total. The summed E-state index contributed by atoms with van der Waals surface area (Å²) in [4.78, 5) is 0. The van der Waals surface area contributed by atoms with Crippen LogP contribution in [0.4, 0.5) is 0 Å². The Morgan fingerprint density at radius 1 is 1.21 bits per heavy atom. The van der Waals surface area contributed by atoms with Crippen LogP contribution in [0, 0.1) is 6.92 Å². The normalized spacial score (nSPS) is 12.4. The minimum absolute atomic E-state index is 0.179. The van der Waals surface area contributed by atoms with Crippen LogP contribution in [-0.4, -0.2) is 5.11 Å². The molecule has 0 aliphatic heterocycles. The summed E-state index contributed by atoms with van der Waals surface area (Å²) in [6, 6.07) is 13.8. The molecule has 0 fully saturated rings. The number of benzene rings is 2. The molecule has 0 radical (unpaired) electrons. The fourth-order valence-electron chi connectivity index (χ4n) is 2.02. The summed E-state index contributed by atoms with van der Waals surface area (Å²) in [7, 11) is 0. The predicted octanol–water partition coefficient (Wildman–Crippen LogP) is 4.20. The summed E-state index contributed by atoms with van der Waals surface area (Å²) < 4.78 is 0. The first-order chi connectivity index (χ1) is 9.08. The first-order valence-electron chi connectivity index (χ1n) is 6.34. The third-order valence-electron chi connectivity index (χ3n) is 3.27. The van der Waals surface area contributed by atoms with Gasteiger partial charge in [-0.15, -0.1) is 0 Å². The van der Waals surface area contributed by atoms with Crippen molar-refractivity contribution >= 4 is 11.6 Å². The van der Waals surface area contributed by atoms with E-state index in [-0.39, 0.29) is 6.04 Å². The molecular weight excluding hydrogens is 258 g/mol. The molecule has 2 aromatic rings. The van der Waals surface area contributed by atoms with Gasteiger partial charge >= 0.3 is 0 Å². The zero-order chi connectivity index (χ0) is 13.8. The summed E-state index contributed by atoms with van der Waals surface area (Å²) >= 11 is 5.98. The van der Waals surface area contributed by atoms with Crippen LogP contribution in [0.2, 0.25) is 5.02 Å². The number of aryl methyl sites for hydroxylation is 1. The van der Waals surface area contributed by atoms with Crippen molar-refractivity contribution in [1.82, 2.24) is 5.32 Å². The Kier molecular flexibility index (Phi) is 4.46. The van der Waals surface area contributed by atoms with E-state index in [0.717, 1.165) is 21.7 Å². The zero-order valence-electron chi connectivity index (χ0n) is 11.2. The van der Waals surface area contributed by atoms with E-state index < -0.39 is 0 Å². The van der Waals surface area contributed by atoms with Gasteiger partial charge in [0.1, 0.15) is 5.75 Å². The molecule has 0 aliphatic rings. The molecular formula is C16H18ClNO. The second-order valence-electron chi connectivity index (χ2n) is 4.74. The molecule has 2 nitrogen and oxygen atoms in total. The molecule has 0 aliphatic carbocycles. The lowest BCUT2D eigenvalue weighted by atomic mass is 10.1. The van der Waals surface area contributed by atoms with Gasteiger partial charge in [0.25, 0.3) is 0 Å². The standard InChI is InChI=1S/C16H18ClNO/c1-11-5-3-7-14(16(11)19)10-18-12(2)13-6-4-8-15(17)9-13/h3-9,12,18-19H,10H2,1-2H3/t12-/m0/s1. The van der Waals surface area contributed by atoms with Crippen LogP contribution in [0.3, 0.4) is 0 Å². The Morgan fingerprint density at radius 2 is 1.95 bits per heavy atom. The fraction of sp³-hybridized carbons (Fsp3) is 0.250. The molecule has 0 saturated carbocycles. The van der Waals surface area contributed by atoms with Crippen LogP contribution >= 0.6 is 11.6 Å². The van der Waals surface area contributed by atoms with E-state index in [1.807, 2.05) is 49.4 Å². The van der Waals surface area contributed by atoms with Gasteiger partial charge in [0, 0.05) is 23.2 Å². The predicted molar refractivity (Wildman–Crippen MR) is 79.6 cm³/mol. The maximum atomic E-state index is 9.96. The number of para-hydroxylation sites is 1. The van der Waals surface area contributed by atoms with Crippen LogP contribution in [0.1, 0.15) is 29.7 Å². The van der Waals surface area contributed by atoms with Crippen LogP contribution in [0.15, 0.2) is 42.5 Å². The monoisotopic (exact) mass is 275 g/mol. The summed E-state index contributed by atoms with van der Waals surface area (Å²) in [5.74, 6) is 0.369. The van der Waals surface area contributed by atoms with Crippen molar-refractivity contribution in [3.8, 4) is 5.75 Å². The van der Waals surface area contributed by atoms with E-state index in [1.165, 1.54) is 0 Å². The third kappa shape index (κ3) is 3.49. The first kappa shape index (κ1) is 13.9. The number of halogens is 1. The first-order valence-corrected chi connectivity index (χ1v) is 6.72. The fourth-order valence-corrected chi connectivity index (χ4v) is 2.22. The maximum Gasteiger partial charge on any atom is 0.122 e. The highest BCUT2D eigenvalue weighted by Gasteiger charge is 2.08. The molecule has 2 rings (SSSR count). The molecule has 0 amide bonds. The van der Waals surface area contributed by atoms with E-state index in [4.69, 9.17) is 11.6 Å². The molecule has 2 aromatic carbocycles. The quantitative estimate of drug-likeness (QED) is 0.876. The molecule has 0 spiro atoms. The highest BCUT2D eigenvalue weighted by Crippen LogP contribution is 2.23. The number of hydrogen-bond donors (Lipinski definition) is 2. The molecule has 1 atom stereocenters. The average Bonchev–Trinajstić information content (AvgIpc) is 2.40. The number of phenols is 1. The summed E-state index contributed by atoms with van der Waals surface area (Å²) in [5, 5.41) is 14.1. The van der Waals surface area contributed by atoms with Crippen LogP contribution < -0.4 is 5.32 Å². The zero-order valence-corrected chi connectivity index (χ0v) is 11.9. The van der Waals surface area contributed by atoms with Gasteiger partial charge in [-0.25, -0.2) is 0 Å². The number of hydrogen-bond acceptors (Lipinski definition) is 2. The largest absolute Gasteiger partial charge is 0.507 e. The maximum absolute atomic E-state index is 9.96. The number of rotatable bonds is 4. The van der Waals surface area contributed by atoms with E-state index in [2.05, 4.69) is 12.2 Å². The number of phenolic OH excluding ortho intramolecular Hbond substituents is 1. The summed E-state index contributed by atoms with van der Waals surface area (Å²) in [5.41, 5.74) is 2.95. The van der Waals surface area contributed by atoms with Crippen molar-refractivity contribution in [3.05, 3.63) is 64.2 Å². The van der Waals surface area contributed by atoms with Gasteiger partial charge in [0.05, 0.1) is 0 Å². The Balaban J connectivity index is 2.04. The molecule has 0 bridgehead atoms. The number of nitrogens with one attached hydrogen (secondary N) is 1. The number of aromatic hydroxyl groups is 1. The Hall–Kier alpha value is -1.51. The smallest absolute Gasteiger partial charge is 0.122 e. The lowest BCUT2D eigenvalue weighted by Gasteiger charge is -2.15. The topological polar surface area (TPSA) is 32.3 Å². The van der Waals surface area contributed by atoms with E-state index >= 15 is 0 Å². The van der Waals surface area contributed by atoms with Gasteiger partial charge < -0.3 is 10.4 Å². The average molecular weight is 276 g/mol. The summed E-state index contributed by atoms with van der Waals surface area (Å²) in [6.07, 6.45) is 0. The third-order valence-corrected chi connectivity index (χ3v) is 3.50. The second kappa shape index (κ2) is 6.09. The van der Waals surface area contributed by atoms with Gasteiger partial charge in [-0.1, -0.05) is 41.9 Å². The van der Waals surface area contributed by atoms with Gasteiger partial charge in [-0.2, -0.15) is 0 Å². The second-order valence-corrected chi connectivity index (χ2v) is 5.18. The Morgan fingerprint density at radius 3 is 2.68 bits per heavy atom. The van der Waals surface area contributed by atoms with Crippen molar-refractivity contribution in [2.75, 3.05) is 0 Å². The van der Waals surface area contributed by atoms with E-state index in [1.54, 1.807) is 0 Å². The van der Waals surface area contributed by atoms with E-state index in [9.17, 15) is 5.11 Å². The SMILES string of the molecule is Cc1cccc(CN[C@@H](C)c2cccc(Cl)c2)c1O. The lowest BCUT2D eigenvalue weighted by Crippen LogP contribution is -2.18. The van der Waals surface area contributed by atoms with Crippen LogP contribution in [-0.2, 0) is 6.54 Å². The molecule has 0 saturated heterocycles.